The van der Waals surface area contributed by atoms with Gasteiger partial charge in [-0.2, -0.15) is 5.10 Å². The van der Waals surface area contributed by atoms with E-state index in [0.29, 0.717) is 12.5 Å². The van der Waals surface area contributed by atoms with Gasteiger partial charge < -0.3 is 14.9 Å². The van der Waals surface area contributed by atoms with E-state index in [1.54, 1.807) is 13.1 Å². The van der Waals surface area contributed by atoms with E-state index in [9.17, 15) is 9.90 Å². The summed E-state index contributed by atoms with van der Waals surface area (Å²) in [6, 6.07) is 12.5. The molecule has 0 aliphatic carbocycles. The maximum atomic E-state index is 12.5. The van der Waals surface area contributed by atoms with Crippen LogP contribution in [-0.2, 0) is 10.4 Å². The number of aliphatic hydroxyl groups is 1. The Hall–Kier alpha value is -3.03. The minimum absolute atomic E-state index is 0.122. The van der Waals surface area contributed by atoms with Gasteiger partial charge in [0.05, 0.1) is 5.69 Å². The second kappa shape index (κ2) is 9.69. The van der Waals surface area contributed by atoms with E-state index in [2.05, 4.69) is 78.2 Å². The maximum absolute atomic E-state index is 12.5. The van der Waals surface area contributed by atoms with Crippen LogP contribution in [0.4, 0.5) is 0 Å². The van der Waals surface area contributed by atoms with Gasteiger partial charge in [0.15, 0.2) is 0 Å². The monoisotopic (exact) mass is 501 g/mol. The van der Waals surface area contributed by atoms with Crippen LogP contribution in [0.15, 0.2) is 48.8 Å². The third-order valence-electron chi connectivity index (χ3n) is 8.46. The lowest BCUT2D eigenvalue weighted by Gasteiger charge is -2.55. The molecule has 7 heteroatoms. The van der Waals surface area contributed by atoms with Gasteiger partial charge in [-0.25, -0.2) is 0 Å². The molecule has 5 rings (SSSR count). The molecule has 7 nitrogen and oxygen atoms in total. The summed E-state index contributed by atoms with van der Waals surface area (Å²) in [5.74, 6) is 0.797. The van der Waals surface area contributed by atoms with Gasteiger partial charge in [0.2, 0.25) is 5.91 Å². The molecule has 1 amide bonds. The molecule has 0 spiro atoms. The number of carbonyl (C=O) groups excluding carboxylic acids is 1. The number of likely N-dealkylation sites (tertiary alicyclic amines) is 2. The second-order valence-electron chi connectivity index (χ2n) is 11.7. The molecule has 2 atom stereocenters. The topological polar surface area (TPSA) is 85.3 Å². The van der Waals surface area contributed by atoms with Crippen LogP contribution < -0.4 is 0 Å². The van der Waals surface area contributed by atoms with E-state index in [0.717, 1.165) is 60.6 Å². The standard InChI is InChI=1S/C30H39N5O2/c1-20(2)22-8-10-25(11-9-22)30(37,29(4)18-34(5)19-29)26-13-24(15-31-16-26)28-14-27(32-33-28)23-7-6-12-35(17-23)21(3)36/h8-11,13-16,20,23,37H,6-7,12,17-19H2,1-5H3,(H,32,33)/t23-,30+/m1/s1. The van der Waals surface area contributed by atoms with Gasteiger partial charge in [-0.15, -0.1) is 0 Å². The van der Waals surface area contributed by atoms with E-state index in [1.807, 2.05) is 17.2 Å². The summed E-state index contributed by atoms with van der Waals surface area (Å²) >= 11 is 0. The smallest absolute Gasteiger partial charge is 0.219 e. The van der Waals surface area contributed by atoms with Crippen molar-refractivity contribution in [1.29, 1.82) is 0 Å². The Morgan fingerprint density at radius 2 is 1.89 bits per heavy atom. The number of piperidine rings is 1. The third kappa shape index (κ3) is 4.59. The van der Waals surface area contributed by atoms with Crippen molar-refractivity contribution in [2.45, 2.75) is 58.0 Å². The average molecular weight is 502 g/mol. The summed E-state index contributed by atoms with van der Waals surface area (Å²) in [6.07, 6.45) is 5.62. The highest BCUT2D eigenvalue weighted by Crippen LogP contribution is 2.50. The van der Waals surface area contributed by atoms with Crippen molar-refractivity contribution in [1.82, 2.24) is 25.0 Å². The Labute approximate surface area is 219 Å². The fraction of sp³-hybridized carbons (Fsp3) is 0.500. The normalized spacial score (nSPS) is 21.5. The number of rotatable bonds is 6. The minimum Gasteiger partial charge on any atom is -0.380 e. The van der Waals surface area contributed by atoms with Crippen LogP contribution in [0.2, 0.25) is 0 Å². The summed E-state index contributed by atoms with van der Waals surface area (Å²) < 4.78 is 0. The van der Waals surface area contributed by atoms with Crippen molar-refractivity contribution in [2.24, 2.45) is 5.41 Å². The molecule has 2 aliphatic rings. The molecule has 37 heavy (non-hydrogen) atoms. The van der Waals surface area contributed by atoms with Crippen LogP contribution in [-0.4, -0.2) is 69.2 Å². The number of hydrogen-bond donors (Lipinski definition) is 2. The Morgan fingerprint density at radius 1 is 1.16 bits per heavy atom. The number of carbonyl (C=O) groups is 1. The lowest BCUT2D eigenvalue weighted by molar-refractivity contribution is -0.130. The summed E-state index contributed by atoms with van der Waals surface area (Å²) in [7, 11) is 2.09. The first-order valence-electron chi connectivity index (χ1n) is 13.4. The highest BCUT2D eigenvalue weighted by atomic mass is 16.3. The number of hydrogen-bond acceptors (Lipinski definition) is 5. The van der Waals surface area contributed by atoms with Gasteiger partial charge in [-0.1, -0.05) is 45.0 Å². The number of pyridine rings is 1. The molecule has 4 heterocycles. The highest BCUT2D eigenvalue weighted by Gasteiger charge is 2.55. The van der Waals surface area contributed by atoms with Crippen molar-refractivity contribution in [2.75, 3.05) is 33.2 Å². The Morgan fingerprint density at radius 3 is 2.54 bits per heavy atom. The molecule has 0 unspecified atom stereocenters. The van der Waals surface area contributed by atoms with Crippen molar-refractivity contribution >= 4 is 5.91 Å². The molecule has 1 aromatic carbocycles. The Balaban J connectivity index is 1.49. The fourth-order valence-corrected chi connectivity index (χ4v) is 6.34. The quantitative estimate of drug-likeness (QED) is 0.519. The molecule has 2 N–H and O–H groups in total. The molecular weight excluding hydrogens is 462 g/mol. The molecule has 2 aromatic heterocycles. The van der Waals surface area contributed by atoms with E-state index >= 15 is 0 Å². The fourth-order valence-electron chi connectivity index (χ4n) is 6.34. The summed E-state index contributed by atoms with van der Waals surface area (Å²) in [6.45, 7) is 11.3. The predicted molar refractivity (Wildman–Crippen MR) is 145 cm³/mol. The Kier molecular flexibility index (Phi) is 6.71. The predicted octanol–water partition coefficient (Wildman–Crippen LogP) is 4.51. The van der Waals surface area contributed by atoms with Crippen LogP contribution in [0.25, 0.3) is 11.3 Å². The summed E-state index contributed by atoms with van der Waals surface area (Å²) in [4.78, 5) is 20.6. The van der Waals surface area contributed by atoms with Gasteiger partial charge in [0, 0.05) is 73.7 Å². The number of nitrogens with zero attached hydrogens (tertiary/aromatic N) is 4. The van der Waals surface area contributed by atoms with Crippen LogP contribution in [0.3, 0.4) is 0 Å². The average Bonchev–Trinajstić information content (AvgIpc) is 3.38. The van der Waals surface area contributed by atoms with Crippen molar-refractivity contribution in [3.63, 3.8) is 0 Å². The first-order chi connectivity index (χ1) is 17.6. The number of benzene rings is 1. The van der Waals surface area contributed by atoms with E-state index in [4.69, 9.17) is 0 Å². The lowest BCUT2D eigenvalue weighted by atomic mass is 9.62. The molecule has 196 valence electrons. The zero-order valence-corrected chi connectivity index (χ0v) is 22.7. The number of aromatic amines is 1. The zero-order valence-electron chi connectivity index (χ0n) is 22.7. The molecular formula is C30H39N5O2. The second-order valence-corrected chi connectivity index (χ2v) is 11.7. The number of H-pyrrole nitrogens is 1. The number of aromatic nitrogens is 3. The molecule has 0 bridgehead atoms. The largest absolute Gasteiger partial charge is 0.380 e. The summed E-state index contributed by atoms with van der Waals surface area (Å²) in [5, 5.41) is 20.3. The molecule has 3 aromatic rings. The summed E-state index contributed by atoms with van der Waals surface area (Å²) in [5.41, 5.74) is 4.09. The van der Waals surface area contributed by atoms with Crippen molar-refractivity contribution < 1.29 is 9.90 Å². The molecule has 2 fully saturated rings. The molecule has 2 aliphatic heterocycles. The first kappa shape index (κ1) is 25.6. The van der Waals surface area contributed by atoms with E-state index in [1.165, 1.54) is 5.56 Å². The highest BCUT2D eigenvalue weighted by molar-refractivity contribution is 5.73. The number of nitrogens with one attached hydrogen (secondary N) is 1. The van der Waals surface area contributed by atoms with Gasteiger partial charge >= 0.3 is 0 Å². The maximum Gasteiger partial charge on any atom is 0.219 e. The lowest BCUT2D eigenvalue weighted by Crippen LogP contribution is -2.63. The van der Waals surface area contributed by atoms with Gasteiger partial charge in [-0.3, -0.25) is 14.9 Å². The molecule has 0 radical (unpaired) electrons. The van der Waals surface area contributed by atoms with E-state index < -0.39 is 5.60 Å². The SMILES string of the molecule is CC(=O)N1CCC[C@@H](c2cc(-c3cncc([C@@](O)(c4ccc(C(C)C)cc4)C4(C)CN(C)C4)c3)n[nH]2)C1. The van der Waals surface area contributed by atoms with Gasteiger partial charge in [-0.05, 0) is 49.1 Å². The first-order valence-corrected chi connectivity index (χ1v) is 13.4. The molecule has 2 saturated heterocycles. The molecule has 0 saturated carbocycles. The zero-order chi connectivity index (χ0) is 26.4. The number of amides is 1. The van der Waals surface area contributed by atoms with E-state index in [-0.39, 0.29) is 17.2 Å². The van der Waals surface area contributed by atoms with Crippen LogP contribution in [0, 0.1) is 5.41 Å². The van der Waals surface area contributed by atoms with Crippen molar-refractivity contribution in [3.05, 3.63) is 71.2 Å². The Bertz CT molecular complexity index is 1260. The van der Waals surface area contributed by atoms with Gasteiger partial charge in [0.1, 0.15) is 5.60 Å². The minimum atomic E-state index is -1.19. The van der Waals surface area contributed by atoms with Crippen molar-refractivity contribution in [3.8, 4) is 11.3 Å². The van der Waals surface area contributed by atoms with Crippen LogP contribution in [0.1, 0.15) is 74.8 Å². The third-order valence-corrected chi connectivity index (χ3v) is 8.46. The van der Waals surface area contributed by atoms with Gasteiger partial charge in [0.25, 0.3) is 0 Å². The van der Waals surface area contributed by atoms with Crippen LogP contribution >= 0.6 is 0 Å². The van der Waals surface area contributed by atoms with Crippen LogP contribution in [0.5, 0.6) is 0 Å².